The number of aromatic nitrogens is 2. The van der Waals surface area contributed by atoms with Gasteiger partial charge in [-0.05, 0) is 18.6 Å². The number of nitrogens with one attached hydrogen (secondary N) is 1. The molecule has 0 unspecified atom stereocenters. The van der Waals surface area contributed by atoms with Crippen LogP contribution in [-0.4, -0.2) is 16.5 Å². The summed E-state index contributed by atoms with van der Waals surface area (Å²) < 4.78 is 5.97. The van der Waals surface area contributed by atoms with Crippen LogP contribution in [0, 0.1) is 0 Å². The predicted molar refractivity (Wildman–Crippen MR) is 102 cm³/mol. The highest BCUT2D eigenvalue weighted by atomic mass is 32.1. The number of thiazole rings is 1. The SMILES string of the molecule is CCc1nc(CCNCc2ccccc2OCc2cccnc2)cs1. The number of ether oxygens (including phenoxy) is 1. The molecule has 2 heterocycles. The lowest BCUT2D eigenvalue weighted by atomic mass is 10.2. The smallest absolute Gasteiger partial charge is 0.124 e. The van der Waals surface area contributed by atoms with Crippen LogP contribution in [0.4, 0.5) is 0 Å². The Hall–Kier alpha value is -2.24. The van der Waals surface area contributed by atoms with Crippen LogP contribution in [0.15, 0.2) is 54.2 Å². The number of hydrogen-bond donors (Lipinski definition) is 1. The topological polar surface area (TPSA) is 47.0 Å². The van der Waals surface area contributed by atoms with Gasteiger partial charge < -0.3 is 10.1 Å². The van der Waals surface area contributed by atoms with Crippen molar-refractivity contribution in [2.24, 2.45) is 0 Å². The molecule has 4 nitrogen and oxygen atoms in total. The molecule has 1 aromatic carbocycles. The molecule has 1 N–H and O–H groups in total. The van der Waals surface area contributed by atoms with E-state index < -0.39 is 0 Å². The number of para-hydroxylation sites is 1. The second-order valence-corrected chi connectivity index (χ2v) is 6.71. The molecule has 3 rings (SSSR count). The van der Waals surface area contributed by atoms with Crippen molar-refractivity contribution in [1.82, 2.24) is 15.3 Å². The van der Waals surface area contributed by atoms with Crippen LogP contribution in [0.5, 0.6) is 5.75 Å². The summed E-state index contributed by atoms with van der Waals surface area (Å²) in [6.45, 7) is 4.37. The minimum absolute atomic E-state index is 0.531. The van der Waals surface area contributed by atoms with E-state index in [4.69, 9.17) is 4.74 Å². The average Bonchev–Trinajstić information content (AvgIpc) is 3.13. The summed E-state index contributed by atoms with van der Waals surface area (Å²) >= 11 is 1.75. The van der Waals surface area contributed by atoms with Crippen molar-refractivity contribution < 1.29 is 4.74 Å². The molecule has 0 spiro atoms. The van der Waals surface area contributed by atoms with E-state index in [1.807, 2.05) is 36.5 Å². The fourth-order valence-electron chi connectivity index (χ4n) is 2.50. The van der Waals surface area contributed by atoms with Crippen molar-refractivity contribution in [1.29, 1.82) is 0 Å². The summed E-state index contributed by atoms with van der Waals surface area (Å²) in [5.41, 5.74) is 3.41. The lowest BCUT2D eigenvalue weighted by Crippen LogP contribution is -2.17. The summed E-state index contributed by atoms with van der Waals surface area (Å²) in [6, 6.07) is 12.1. The van der Waals surface area contributed by atoms with Crippen LogP contribution in [-0.2, 0) is 26.0 Å². The van der Waals surface area contributed by atoms with E-state index in [2.05, 4.69) is 33.7 Å². The molecule has 0 radical (unpaired) electrons. The highest BCUT2D eigenvalue weighted by molar-refractivity contribution is 7.09. The van der Waals surface area contributed by atoms with Crippen molar-refractivity contribution in [3.05, 3.63) is 76.0 Å². The van der Waals surface area contributed by atoms with Gasteiger partial charge in [0.05, 0.1) is 10.7 Å². The van der Waals surface area contributed by atoms with E-state index in [1.165, 1.54) is 16.3 Å². The molecule has 0 aliphatic rings. The number of hydrogen-bond acceptors (Lipinski definition) is 5. The van der Waals surface area contributed by atoms with Crippen LogP contribution >= 0.6 is 11.3 Å². The summed E-state index contributed by atoms with van der Waals surface area (Å²) in [4.78, 5) is 8.72. The number of benzene rings is 1. The first-order chi connectivity index (χ1) is 12.3. The van der Waals surface area contributed by atoms with Crippen LogP contribution in [0.2, 0.25) is 0 Å². The molecule has 0 atom stereocenters. The molecule has 0 fully saturated rings. The molecule has 5 heteroatoms. The van der Waals surface area contributed by atoms with E-state index in [1.54, 1.807) is 17.5 Å². The van der Waals surface area contributed by atoms with Crippen LogP contribution < -0.4 is 10.1 Å². The van der Waals surface area contributed by atoms with Crippen LogP contribution in [0.3, 0.4) is 0 Å². The van der Waals surface area contributed by atoms with Gasteiger partial charge in [-0.25, -0.2) is 4.98 Å². The van der Waals surface area contributed by atoms with Gasteiger partial charge >= 0.3 is 0 Å². The Balaban J connectivity index is 1.48. The van der Waals surface area contributed by atoms with E-state index in [0.29, 0.717) is 6.61 Å². The van der Waals surface area contributed by atoms with E-state index in [9.17, 15) is 0 Å². The van der Waals surface area contributed by atoms with E-state index in [-0.39, 0.29) is 0 Å². The predicted octanol–water partition coefficient (Wildman–Crippen LogP) is 4.01. The fourth-order valence-corrected chi connectivity index (χ4v) is 3.28. The first-order valence-electron chi connectivity index (χ1n) is 8.58. The van der Waals surface area contributed by atoms with Crippen molar-refractivity contribution in [2.75, 3.05) is 6.54 Å². The third-order valence-electron chi connectivity index (χ3n) is 3.86. The Bertz CT molecular complexity index is 773. The molecule has 0 aliphatic heterocycles. The van der Waals surface area contributed by atoms with Crippen molar-refractivity contribution >= 4 is 11.3 Å². The minimum atomic E-state index is 0.531. The Kier molecular flexibility index (Phi) is 6.54. The maximum atomic E-state index is 5.97. The molecular weight excluding hydrogens is 330 g/mol. The number of pyridine rings is 1. The van der Waals surface area contributed by atoms with Gasteiger partial charge in [0.15, 0.2) is 0 Å². The molecule has 0 saturated carbocycles. The minimum Gasteiger partial charge on any atom is -0.489 e. The zero-order valence-corrected chi connectivity index (χ0v) is 15.3. The molecule has 3 aromatic rings. The molecule has 2 aromatic heterocycles. The summed E-state index contributed by atoms with van der Waals surface area (Å²) in [5.74, 6) is 0.917. The average molecular weight is 353 g/mol. The van der Waals surface area contributed by atoms with E-state index >= 15 is 0 Å². The Morgan fingerprint density at radius 1 is 1.16 bits per heavy atom. The highest BCUT2D eigenvalue weighted by Crippen LogP contribution is 2.19. The third-order valence-corrected chi connectivity index (χ3v) is 4.91. The Labute approximate surface area is 152 Å². The van der Waals surface area contributed by atoms with Crippen LogP contribution in [0.25, 0.3) is 0 Å². The fraction of sp³-hybridized carbons (Fsp3) is 0.300. The molecule has 0 amide bonds. The van der Waals surface area contributed by atoms with Gasteiger partial charge in [-0.1, -0.05) is 31.2 Å². The number of nitrogens with zero attached hydrogens (tertiary/aromatic N) is 2. The van der Waals surface area contributed by atoms with Crippen molar-refractivity contribution in [3.63, 3.8) is 0 Å². The van der Waals surface area contributed by atoms with Gasteiger partial charge in [0.2, 0.25) is 0 Å². The van der Waals surface area contributed by atoms with Gasteiger partial charge in [0, 0.05) is 48.4 Å². The monoisotopic (exact) mass is 353 g/mol. The zero-order valence-electron chi connectivity index (χ0n) is 14.4. The van der Waals surface area contributed by atoms with Gasteiger partial charge in [-0.3, -0.25) is 4.98 Å². The summed E-state index contributed by atoms with van der Waals surface area (Å²) in [5, 5.41) is 6.86. The van der Waals surface area contributed by atoms with Crippen molar-refractivity contribution in [2.45, 2.75) is 32.9 Å². The lowest BCUT2D eigenvalue weighted by molar-refractivity contribution is 0.301. The number of rotatable bonds is 9. The van der Waals surface area contributed by atoms with Gasteiger partial charge in [0.1, 0.15) is 12.4 Å². The molecule has 0 bridgehead atoms. The summed E-state index contributed by atoms with van der Waals surface area (Å²) in [6.07, 6.45) is 5.57. The highest BCUT2D eigenvalue weighted by Gasteiger charge is 2.04. The zero-order chi connectivity index (χ0) is 17.3. The van der Waals surface area contributed by atoms with Gasteiger partial charge in [-0.15, -0.1) is 11.3 Å². The Morgan fingerprint density at radius 2 is 2.08 bits per heavy atom. The first kappa shape index (κ1) is 17.6. The standard InChI is InChI=1S/C20H23N3OS/c1-2-20-23-18(15-25-20)9-11-22-13-17-7-3-4-8-19(17)24-14-16-6-5-10-21-12-16/h3-8,10,12,15,22H,2,9,11,13-14H2,1H3. The maximum absolute atomic E-state index is 5.97. The molecule has 0 aliphatic carbocycles. The quantitative estimate of drug-likeness (QED) is 0.591. The number of aryl methyl sites for hydroxylation is 1. The molecule has 0 saturated heterocycles. The van der Waals surface area contributed by atoms with Gasteiger partial charge in [-0.2, -0.15) is 0 Å². The molecular formula is C20H23N3OS. The first-order valence-corrected chi connectivity index (χ1v) is 9.46. The van der Waals surface area contributed by atoms with E-state index in [0.717, 1.165) is 37.2 Å². The Morgan fingerprint density at radius 3 is 2.88 bits per heavy atom. The van der Waals surface area contributed by atoms with Gasteiger partial charge in [0.25, 0.3) is 0 Å². The second-order valence-electron chi connectivity index (χ2n) is 5.77. The second kappa shape index (κ2) is 9.30. The third kappa shape index (κ3) is 5.37. The molecule has 25 heavy (non-hydrogen) atoms. The van der Waals surface area contributed by atoms with Crippen LogP contribution in [0.1, 0.15) is 28.8 Å². The lowest BCUT2D eigenvalue weighted by Gasteiger charge is -2.12. The largest absolute Gasteiger partial charge is 0.489 e. The maximum Gasteiger partial charge on any atom is 0.124 e. The normalized spacial score (nSPS) is 10.8. The van der Waals surface area contributed by atoms with Crippen molar-refractivity contribution in [3.8, 4) is 5.75 Å². The summed E-state index contributed by atoms with van der Waals surface area (Å²) in [7, 11) is 0. The molecule has 130 valence electrons.